The van der Waals surface area contributed by atoms with E-state index < -0.39 is 0 Å². The summed E-state index contributed by atoms with van der Waals surface area (Å²) in [6, 6.07) is 14.7. The van der Waals surface area contributed by atoms with E-state index in [1.165, 1.54) is 19.3 Å². The molecule has 2 heterocycles. The number of halogens is 2. The summed E-state index contributed by atoms with van der Waals surface area (Å²) in [5, 5.41) is 7.94. The van der Waals surface area contributed by atoms with Crippen LogP contribution >= 0.6 is 11.6 Å². The molecule has 5 rings (SSSR count). The molecule has 0 saturated heterocycles. The molecule has 1 aliphatic rings. The molecule has 0 unspecified atom stereocenters. The zero-order chi connectivity index (χ0) is 38.2. The number of nitrogens with two attached hydrogens (primary N) is 2. The SMILES string of the molecule is C[C@H](N)CCCc1cc(Cl)c(F)c(C(C)(C)C)c1.C[C@H](NCCCN=C(N)NC1CCC1)c1ccc(-n2cc3cc(C(C)(C)C)[nH]c3nc2=O)cc1. The van der Waals surface area contributed by atoms with E-state index >= 15 is 0 Å². The summed E-state index contributed by atoms with van der Waals surface area (Å²) in [6.45, 7) is 18.1. The predicted octanol–water partition coefficient (Wildman–Crippen LogP) is 7.96. The first-order valence-corrected chi connectivity index (χ1v) is 19.1. The van der Waals surface area contributed by atoms with E-state index in [2.05, 4.69) is 71.5 Å². The van der Waals surface area contributed by atoms with Crippen molar-refractivity contribution in [1.29, 1.82) is 0 Å². The number of aromatic nitrogens is 3. The van der Waals surface area contributed by atoms with Gasteiger partial charge in [-0.05, 0) is 112 Å². The minimum absolute atomic E-state index is 0.0365. The number of hydrogen-bond donors (Lipinski definition) is 5. The highest BCUT2D eigenvalue weighted by atomic mass is 35.5. The van der Waals surface area contributed by atoms with Gasteiger partial charge in [-0.2, -0.15) is 4.98 Å². The molecular weight excluding hydrogens is 675 g/mol. The maximum atomic E-state index is 14.0. The van der Waals surface area contributed by atoms with Gasteiger partial charge >= 0.3 is 5.69 Å². The lowest BCUT2D eigenvalue weighted by Gasteiger charge is -2.26. The summed E-state index contributed by atoms with van der Waals surface area (Å²) in [4.78, 5) is 24.6. The van der Waals surface area contributed by atoms with Crippen LogP contribution < -0.4 is 27.8 Å². The lowest BCUT2D eigenvalue weighted by molar-refractivity contribution is 0.382. The van der Waals surface area contributed by atoms with E-state index in [0.717, 1.165) is 60.1 Å². The first-order chi connectivity index (χ1) is 24.4. The first kappa shape index (κ1) is 41.0. The number of aromatic amines is 1. The molecule has 1 aliphatic carbocycles. The largest absolute Gasteiger partial charge is 0.370 e. The Labute approximate surface area is 314 Å². The van der Waals surface area contributed by atoms with Crippen molar-refractivity contribution < 1.29 is 4.39 Å². The maximum Gasteiger partial charge on any atom is 0.354 e. The first-order valence-electron chi connectivity index (χ1n) is 18.7. The van der Waals surface area contributed by atoms with Gasteiger partial charge in [0, 0.05) is 47.4 Å². The molecule has 0 aliphatic heterocycles. The van der Waals surface area contributed by atoms with Gasteiger partial charge in [0.25, 0.3) is 0 Å². The van der Waals surface area contributed by atoms with Gasteiger partial charge in [0.2, 0.25) is 0 Å². The van der Waals surface area contributed by atoms with E-state index in [1.54, 1.807) is 10.6 Å². The number of aliphatic imine (C=N–C) groups is 1. The normalized spacial score (nSPS) is 15.2. The molecule has 9 nitrogen and oxygen atoms in total. The lowest BCUT2D eigenvalue weighted by atomic mass is 9.85. The number of benzene rings is 2. The van der Waals surface area contributed by atoms with Crippen LogP contribution in [-0.4, -0.2) is 45.7 Å². The van der Waals surface area contributed by atoms with Crippen molar-refractivity contribution in [3.63, 3.8) is 0 Å². The van der Waals surface area contributed by atoms with Gasteiger partial charge in [-0.15, -0.1) is 0 Å². The molecule has 52 heavy (non-hydrogen) atoms. The Bertz CT molecular complexity index is 1850. The smallest absolute Gasteiger partial charge is 0.354 e. The highest BCUT2D eigenvalue weighted by Crippen LogP contribution is 2.31. The number of H-pyrrole nitrogens is 1. The molecule has 4 aromatic rings. The molecule has 1 saturated carbocycles. The molecular formula is C41H60ClFN8O. The van der Waals surface area contributed by atoms with Crippen LogP contribution in [0.5, 0.6) is 0 Å². The summed E-state index contributed by atoms with van der Waals surface area (Å²) < 4.78 is 15.6. The summed E-state index contributed by atoms with van der Waals surface area (Å²) >= 11 is 5.97. The third-order valence-corrected chi connectivity index (χ3v) is 9.81. The van der Waals surface area contributed by atoms with Gasteiger partial charge in [0.05, 0.1) is 10.7 Å². The van der Waals surface area contributed by atoms with E-state index in [-0.39, 0.29) is 39.4 Å². The molecule has 11 heteroatoms. The van der Waals surface area contributed by atoms with Crippen LogP contribution in [0, 0.1) is 5.82 Å². The van der Waals surface area contributed by atoms with Crippen molar-refractivity contribution >= 4 is 28.6 Å². The van der Waals surface area contributed by atoms with Gasteiger partial charge in [0.1, 0.15) is 11.5 Å². The Hall–Kier alpha value is -3.73. The van der Waals surface area contributed by atoms with Crippen LogP contribution in [0.4, 0.5) is 4.39 Å². The standard InChI is InChI=1S/C26H37N7O.C15H23ClFN/c1-17(28-13-6-14-29-24(27)30-20-7-5-8-20)18-9-11-21(12-10-18)33-16-19-15-22(26(2,3)4)31-23(19)32-25(33)34;1-10(18)6-5-7-11-8-12(15(2,3)4)14(17)13(16)9-11/h9-12,15-17,20,28H,5-8,13-14H2,1-4H3,(H3,27,29,30)(H,31,32,34);8-10H,5-7,18H2,1-4H3/t17-;10-/m00/s1. The van der Waals surface area contributed by atoms with Crippen molar-refractivity contribution in [3.05, 3.63) is 92.4 Å². The van der Waals surface area contributed by atoms with E-state index in [1.807, 2.05) is 52.1 Å². The van der Waals surface area contributed by atoms with Crippen LogP contribution in [0.15, 0.2) is 58.4 Å². The van der Waals surface area contributed by atoms with Crippen LogP contribution in [0.25, 0.3) is 16.7 Å². The molecule has 0 radical (unpaired) electrons. The molecule has 7 N–H and O–H groups in total. The van der Waals surface area contributed by atoms with Gasteiger partial charge in [-0.1, -0.05) is 71.3 Å². The number of guanidine groups is 1. The molecule has 2 aromatic heterocycles. The number of nitrogens with one attached hydrogen (secondary N) is 3. The maximum absolute atomic E-state index is 14.0. The van der Waals surface area contributed by atoms with Crippen molar-refractivity contribution in [3.8, 4) is 5.69 Å². The fraction of sp³-hybridized carbons (Fsp3) is 0.537. The monoisotopic (exact) mass is 734 g/mol. The van der Waals surface area contributed by atoms with E-state index in [9.17, 15) is 9.18 Å². The summed E-state index contributed by atoms with van der Waals surface area (Å²) in [5.74, 6) is 0.269. The van der Waals surface area contributed by atoms with Gasteiger partial charge < -0.3 is 27.1 Å². The van der Waals surface area contributed by atoms with Gasteiger partial charge in [-0.25, -0.2) is 9.18 Å². The second-order valence-electron chi connectivity index (χ2n) is 16.3. The molecule has 1 fully saturated rings. The van der Waals surface area contributed by atoms with Crippen LogP contribution in [0.1, 0.15) is 122 Å². The number of rotatable bonds is 12. The Morgan fingerprint density at radius 1 is 1.08 bits per heavy atom. The molecule has 0 spiro atoms. The average molecular weight is 735 g/mol. The number of aryl methyl sites for hydroxylation is 1. The molecule has 0 bridgehead atoms. The fourth-order valence-corrected chi connectivity index (χ4v) is 6.23. The highest BCUT2D eigenvalue weighted by Gasteiger charge is 2.22. The van der Waals surface area contributed by atoms with Crippen molar-refractivity contribution in [1.82, 2.24) is 25.2 Å². The van der Waals surface area contributed by atoms with Gasteiger partial charge in [-0.3, -0.25) is 9.56 Å². The zero-order valence-electron chi connectivity index (χ0n) is 32.4. The molecule has 2 atom stereocenters. The Kier molecular flexibility index (Phi) is 14.1. The Balaban J connectivity index is 0.000000284. The second kappa shape index (κ2) is 17.9. The predicted molar refractivity (Wildman–Crippen MR) is 215 cm³/mol. The Morgan fingerprint density at radius 2 is 1.77 bits per heavy atom. The topological polar surface area (TPSA) is 139 Å². The average Bonchev–Trinajstić information content (AvgIpc) is 3.47. The number of nitrogens with zero attached hydrogens (tertiary/aromatic N) is 3. The van der Waals surface area contributed by atoms with Crippen LogP contribution in [-0.2, 0) is 17.3 Å². The number of fused-ring (bicyclic) bond motifs is 1. The lowest BCUT2D eigenvalue weighted by Crippen LogP contribution is -2.43. The van der Waals surface area contributed by atoms with E-state index in [4.69, 9.17) is 23.1 Å². The highest BCUT2D eigenvalue weighted by molar-refractivity contribution is 6.30. The minimum atomic E-state index is -0.292. The summed E-state index contributed by atoms with van der Waals surface area (Å²) in [5.41, 5.74) is 16.5. The zero-order valence-corrected chi connectivity index (χ0v) is 33.1. The van der Waals surface area contributed by atoms with Crippen LogP contribution in [0.3, 0.4) is 0 Å². The van der Waals surface area contributed by atoms with Gasteiger partial charge in [0.15, 0.2) is 5.96 Å². The summed E-state index contributed by atoms with van der Waals surface area (Å²) in [7, 11) is 0. The van der Waals surface area contributed by atoms with Crippen molar-refractivity contribution in [2.24, 2.45) is 16.5 Å². The second-order valence-corrected chi connectivity index (χ2v) is 16.8. The molecule has 2 aromatic carbocycles. The van der Waals surface area contributed by atoms with Crippen LogP contribution in [0.2, 0.25) is 5.02 Å². The van der Waals surface area contributed by atoms with Crippen molar-refractivity contribution in [2.75, 3.05) is 13.1 Å². The molecule has 0 amide bonds. The quantitative estimate of drug-likeness (QED) is 0.0569. The van der Waals surface area contributed by atoms with Crippen molar-refractivity contribution in [2.45, 2.75) is 129 Å². The third kappa shape index (κ3) is 11.6. The summed E-state index contributed by atoms with van der Waals surface area (Å²) in [6.07, 6.45) is 9.31. The number of hydrogen-bond acceptors (Lipinski definition) is 5. The fourth-order valence-electron chi connectivity index (χ4n) is 5.99. The Morgan fingerprint density at radius 3 is 2.37 bits per heavy atom. The minimum Gasteiger partial charge on any atom is -0.370 e. The third-order valence-electron chi connectivity index (χ3n) is 9.53. The van der Waals surface area contributed by atoms with E-state index in [0.29, 0.717) is 29.8 Å². The molecule has 284 valence electrons.